The van der Waals surface area contributed by atoms with Crippen LogP contribution in [0.5, 0.6) is 0 Å². The maximum atomic E-state index is 12.5. The molecule has 2 unspecified atom stereocenters. The van der Waals surface area contributed by atoms with Crippen molar-refractivity contribution in [2.45, 2.75) is 379 Å². The summed E-state index contributed by atoms with van der Waals surface area (Å²) in [5.74, 6) is -0.0685. The number of aliphatic hydroxyl groups is 2. The van der Waals surface area contributed by atoms with Crippen LogP contribution >= 0.6 is 0 Å². The summed E-state index contributed by atoms with van der Waals surface area (Å²) in [6, 6.07) is -0.631. The number of hydrogen-bond donors (Lipinski definition) is 3. The van der Waals surface area contributed by atoms with Crippen LogP contribution in [0.1, 0.15) is 367 Å². The Hall–Kier alpha value is -2.18. The van der Waals surface area contributed by atoms with Crippen LogP contribution < -0.4 is 5.32 Å². The highest BCUT2D eigenvalue weighted by atomic mass is 16.5. The predicted octanol–water partition coefficient (Wildman–Crippen LogP) is 22.1. The fraction of sp³-hybridized carbons (Fsp3) is 0.859. The molecular weight excluding hydrogens is 947 g/mol. The third kappa shape index (κ3) is 62.9. The molecule has 0 spiro atoms. The van der Waals surface area contributed by atoms with Gasteiger partial charge in [-0.3, -0.25) is 9.59 Å². The maximum Gasteiger partial charge on any atom is 0.305 e. The van der Waals surface area contributed by atoms with Crippen molar-refractivity contribution in [1.82, 2.24) is 5.32 Å². The SMILES string of the molecule is CCC/C=C\C/C=C\CCCCCCCC(=O)OCCCCCCCCCCCCCC/C=C\CCCCCCCCCCCCC(=O)NC(CO)C(O)/C=C/CCCCCCCCCCCCCCCCCCCCC. The molecule has 0 saturated carbocycles. The Morgan fingerprint density at radius 1 is 0.364 bits per heavy atom. The number of carbonyl (C=O) groups is 2. The number of ether oxygens (including phenoxy) is 1. The summed E-state index contributed by atoms with van der Waals surface area (Å²) >= 11 is 0. The summed E-state index contributed by atoms with van der Waals surface area (Å²) < 4.78 is 5.47. The van der Waals surface area contributed by atoms with Gasteiger partial charge >= 0.3 is 5.97 Å². The smallest absolute Gasteiger partial charge is 0.305 e. The molecule has 0 heterocycles. The van der Waals surface area contributed by atoms with Crippen LogP contribution in [-0.2, 0) is 14.3 Å². The lowest BCUT2D eigenvalue weighted by Gasteiger charge is -2.20. The van der Waals surface area contributed by atoms with Gasteiger partial charge in [0.2, 0.25) is 5.91 Å². The first kappa shape index (κ1) is 74.8. The van der Waals surface area contributed by atoms with Crippen molar-refractivity contribution in [1.29, 1.82) is 0 Å². The minimum Gasteiger partial charge on any atom is -0.466 e. The Morgan fingerprint density at radius 2 is 0.675 bits per heavy atom. The van der Waals surface area contributed by atoms with E-state index in [0.29, 0.717) is 19.4 Å². The number of allylic oxidation sites excluding steroid dienone is 7. The van der Waals surface area contributed by atoms with E-state index in [1.165, 1.54) is 289 Å². The molecule has 0 bridgehead atoms. The van der Waals surface area contributed by atoms with Crippen molar-refractivity contribution >= 4 is 11.9 Å². The first-order chi connectivity index (χ1) is 38.0. The molecule has 0 aliphatic carbocycles. The molecule has 1 amide bonds. The van der Waals surface area contributed by atoms with Crippen LogP contribution in [0.3, 0.4) is 0 Å². The Kier molecular flexibility index (Phi) is 64.5. The number of nitrogens with one attached hydrogen (secondary N) is 1. The molecule has 0 aliphatic heterocycles. The summed E-state index contributed by atoms with van der Waals surface area (Å²) in [6.45, 7) is 4.86. The minimum absolute atomic E-state index is 0.00145. The molecule has 0 fully saturated rings. The van der Waals surface area contributed by atoms with Crippen molar-refractivity contribution in [3.8, 4) is 0 Å². The zero-order chi connectivity index (χ0) is 55.7. The molecule has 0 saturated heterocycles. The number of rotatable bonds is 64. The van der Waals surface area contributed by atoms with Crippen molar-refractivity contribution in [2.24, 2.45) is 0 Å². The van der Waals surface area contributed by atoms with Crippen molar-refractivity contribution in [2.75, 3.05) is 13.2 Å². The number of carbonyl (C=O) groups excluding carboxylic acids is 2. The van der Waals surface area contributed by atoms with Gasteiger partial charge in [-0.25, -0.2) is 0 Å². The summed E-state index contributed by atoms with van der Waals surface area (Å²) in [5, 5.41) is 23.2. The molecule has 0 radical (unpaired) electrons. The van der Waals surface area contributed by atoms with E-state index in [2.05, 4.69) is 55.6 Å². The quantitative estimate of drug-likeness (QED) is 0.0320. The zero-order valence-electron chi connectivity index (χ0n) is 51.7. The Morgan fingerprint density at radius 3 is 1.05 bits per heavy atom. The van der Waals surface area contributed by atoms with Crippen LogP contribution in [0, 0.1) is 0 Å². The normalized spacial score (nSPS) is 12.8. The lowest BCUT2D eigenvalue weighted by molar-refractivity contribution is -0.143. The minimum atomic E-state index is -0.847. The zero-order valence-corrected chi connectivity index (χ0v) is 51.7. The second-order valence-electron chi connectivity index (χ2n) is 23.5. The van der Waals surface area contributed by atoms with Gasteiger partial charge in [0.15, 0.2) is 0 Å². The third-order valence-electron chi connectivity index (χ3n) is 15.8. The predicted molar refractivity (Wildman–Crippen MR) is 338 cm³/mol. The standard InChI is InChI=1S/C71H133NO5/c1-3-5-7-9-11-13-15-17-18-19-20-27-30-33-36-40-43-47-51-55-59-63-69(74)68(67-73)72-70(75)64-60-56-52-48-44-41-37-34-31-28-25-23-21-22-24-26-29-32-35-38-42-46-50-54-58-62-66-77-71(76)65-61-57-53-49-45-39-16-14-12-10-8-6-4-2/h8,10,14,16,21,23,59,63,68-69,73-74H,3-7,9,11-13,15,17-20,22,24-58,60-62,64-67H2,1-2H3,(H,72,75)/b10-8-,16-14-,23-21-,63-59+. The molecule has 0 rings (SSSR count). The van der Waals surface area contributed by atoms with Gasteiger partial charge in [0.25, 0.3) is 0 Å². The largest absolute Gasteiger partial charge is 0.466 e. The van der Waals surface area contributed by atoms with E-state index in [0.717, 1.165) is 51.4 Å². The molecule has 2 atom stereocenters. The summed E-state index contributed by atoms with van der Waals surface area (Å²) in [5.41, 5.74) is 0. The first-order valence-electron chi connectivity index (χ1n) is 34.4. The fourth-order valence-electron chi connectivity index (χ4n) is 10.6. The van der Waals surface area contributed by atoms with E-state index >= 15 is 0 Å². The number of amides is 1. The van der Waals surface area contributed by atoms with Gasteiger partial charge in [-0.15, -0.1) is 0 Å². The van der Waals surface area contributed by atoms with E-state index < -0.39 is 12.1 Å². The van der Waals surface area contributed by atoms with E-state index in [9.17, 15) is 19.8 Å². The van der Waals surface area contributed by atoms with Gasteiger partial charge in [-0.2, -0.15) is 0 Å². The summed E-state index contributed by atoms with van der Waals surface area (Å²) in [7, 11) is 0. The van der Waals surface area contributed by atoms with Gasteiger partial charge in [-0.05, 0) is 83.5 Å². The van der Waals surface area contributed by atoms with Crippen LogP contribution in [0.2, 0.25) is 0 Å². The van der Waals surface area contributed by atoms with Crippen molar-refractivity contribution < 1.29 is 24.5 Å². The third-order valence-corrected chi connectivity index (χ3v) is 15.8. The Balaban J connectivity index is 3.43. The van der Waals surface area contributed by atoms with E-state index in [4.69, 9.17) is 4.74 Å². The molecule has 0 aromatic heterocycles. The number of hydrogen-bond acceptors (Lipinski definition) is 5. The van der Waals surface area contributed by atoms with Gasteiger partial charge in [0.05, 0.1) is 25.4 Å². The second-order valence-corrected chi connectivity index (χ2v) is 23.5. The van der Waals surface area contributed by atoms with E-state index in [1.54, 1.807) is 6.08 Å². The highest BCUT2D eigenvalue weighted by Crippen LogP contribution is 2.18. The number of esters is 1. The highest BCUT2D eigenvalue weighted by Gasteiger charge is 2.18. The lowest BCUT2D eigenvalue weighted by Crippen LogP contribution is -2.45. The number of unbranched alkanes of at least 4 members (excludes halogenated alkanes) is 47. The van der Waals surface area contributed by atoms with Gasteiger partial charge < -0.3 is 20.3 Å². The molecule has 0 aromatic rings. The molecule has 6 nitrogen and oxygen atoms in total. The van der Waals surface area contributed by atoms with E-state index in [-0.39, 0.29) is 18.5 Å². The molecule has 0 aromatic carbocycles. The van der Waals surface area contributed by atoms with Crippen molar-refractivity contribution in [3.63, 3.8) is 0 Å². The molecule has 77 heavy (non-hydrogen) atoms. The van der Waals surface area contributed by atoms with Gasteiger partial charge in [0.1, 0.15) is 0 Å². The molecule has 3 N–H and O–H groups in total. The Labute approximate surface area is 480 Å². The van der Waals surface area contributed by atoms with Crippen molar-refractivity contribution in [3.05, 3.63) is 48.6 Å². The average Bonchev–Trinajstić information content (AvgIpc) is 3.43. The lowest BCUT2D eigenvalue weighted by atomic mass is 10.0. The molecule has 0 aliphatic rings. The van der Waals surface area contributed by atoms with Crippen LogP contribution in [-0.4, -0.2) is 47.4 Å². The second kappa shape index (κ2) is 66.3. The van der Waals surface area contributed by atoms with Gasteiger partial charge in [0, 0.05) is 12.8 Å². The first-order valence-corrected chi connectivity index (χ1v) is 34.4. The monoisotopic (exact) mass is 1080 g/mol. The fourth-order valence-corrected chi connectivity index (χ4v) is 10.6. The summed E-state index contributed by atoms with van der Waals surface area (Å²) in [6.07, 6.45) is 86.1. The molecule has 6 heteroatoms. The Bertz CT molecular complexity index is 1290. The molecular formula is C71H133NO5. The average molecular weight is 1080 g/mol. The van der Waals surface area contributed by atoms with Crippen LogP contribution in [0.4, 0.5) is 0 Å². The highest BCUT2D eigenvalue weighted by molar-refractivity contribution is 5.76. The topological polar surface area (TPSA) is 95.9 Å². The van der Waals surface area contributed by atoms with E-state index in [1.807, 2.05) is 6.08 Å². The number of aliphatic hydroxyl groups excluding tert-OH is 2. The summed E-state index contributed by atoms with van der Waals surface area (Å²) in [4.78, 5) is 24.6. The molecule has 452 valence electrons. The maximum absolute atomic E-state index is 12.5. The van der Waals surface area contributed by atoms with Crippen LogP contribution in [0.25, 0.3) is 0 Å². The van der Waals surface area contributed by atoms with Crippen LogP contribution in [0.15, 0.2) is 48.6 Å². The van der Waals surface area contributed by atoms with Gasteiger partial charge in [-0.1, -0.05) is 319 Å².